The molecule has 3 aromatic rings. The van der Waals surface area contributed by atoms with Crippen molar-refractivity contribution >= 4 is 21.9 Å². The molecule has 0 bridgehead atoms. The van der Waals surface area contributed by atoms with E-state index in [2.05, 4.69) is 34.0 Å². The van der Waals surface area contributed by atoms with Crippen LogP contribution >= 0.6 is 0 Å². The molecule has 4 rings (SSSR count). The van der Waals surface area contributed by atoms with Crippen molar-refractivity contribution in [2.45, 2.75) is 52.9 Å². The lowest BCUT2D eigenvalue weighted by Crippen LogP contribution is -2.03. The molecule has 1 fully saturated rings. The Hall–Kier alpha value is -2.45. The molecule has 0 aliphatic carbocycles. The van der Waals surface area contributed by atoms with Crippen LogP contribution in [0.25, 0.3) is 21.9 Å². The number of imidazole rings is 1. The lowest BCUT2D eigenvalue weighted by atomic mass is 10.1. The number of hydrogen-bond acceptors (Lipinski definition) is 4. The van der Waals surface area contributed by atoms with Crippen molar-refractivity contribution in [1.82, 2.24) is 15.0 Å². The van der Waals surface area contributed by atoms with E-state index >= 15 is 0 Å². The van der Waals surface area contributed by atoms with Crippen molar-refractivity contribution in [2.75, 3.05) is 13.2 Å². The van der Waals surface area contributed by atoms with Crippen LogP contribution in [0.15, 0.2) is 24.4 Å². The second kappa shape index (κ2) is 10.5. The summed E-state index contributed by atoms with van der Waals surface area (Å²) in [5.74, 6) is 0.849. The second-order valence-corrected chi connectivity index (χ2v) is 6.06. The Bertz CT molecular complexity index is 848. The van der Waals surface area contributed by atoms with Crippen molar-refractivity contribution in [2.24, 2.45) is 0 Å². The van der Waals surface area contributed by atoms with Crippen LogP contribution in [0, 0.1) is 18.3 Å². The molecule has 0 radical (unpaired) electrons. The third kappa shape index (κ3) is 5.27. The zero-order chi connectivity index (χ0) is 18.8. The average molecular weight is 352 g/mol. The van der Waals surface area contributed by atoms with Gasteiger partial charge in [-0.05, 0) is 38.3 Å². The van der Waals surface area contributed by atoms with Crippen LogP contribution in [0.1, 0.15) is 50.9 Å². The number of nitriles is 1. The standard InChI is InChI=1S/C14H12N4.C5H10O.C2H6/c1-9-4-5-11-10(7-9)14-12(8-16-11)17-13(18-14)3-2-6-15;1-2-4-6-5-3-1;1-2/h4-5,7-8H,2-3H2,1H3,(H,17,18);1-5H2;1-2H3. The van der Waals surface area contributed by atoms with Crippen LogP contribution in [-0.4, -0.2) is 28.2 Å². The number of ether oxygens (including phenoxy) is 1. The molecule has 1 N–H and O–H groups in total. The number of aromatic nitrogens is 3. The molecule has 1 aliphatic heterocycles. The summed E-state index contributed by atoms with van der Waals surface area (Å²) in [6.07, 6.45) is 6.86. The molecule has 2 aromatic heterocycles. The van der Waals surface area contributed by atoms with E-state index in [1.165, 1.54) is 24.8 Å². The van der Waals surface area contributed by atoms with Crippen molar-refractivity contribution in [3.8, 4) is 6.07 Å². The molecule has 3 heterocycles. The lowest BCUT2D eigenvalue weighted by Gasteiger charge is -2.08. The lowest BCUT2D eigenvalue weighted by molar-refractivity contribution is 0.0968. The van der Waals surface area contributed by atoms with Gasteiger partial charge in [0.05, 0.1) is 28.8 Å². The molecular formula is C21H28N4O. The Morgan fingerprint density at radius 2 is 1.96 bits per heavy atom. The minimum absolute atomic E-state index is 0.476. The van der Waals surface area contributed by atoms with Gasteiger partial charge in [0.2, 0.25) is 0 Å². The molecule has 138 valence electrons. The predicted molar refractivity (Wildman–Crippen MR) is 106 cm³/mol. The van der Waals surface area contributed by atoms with E-state index in [0.29, 0.717) is 12.8 Å². The summed E-state index contributed by atoms with van der Waals surface area (Å²) in [5.41, 5.74) is 4.02. The first kappa shape index (κ1) is 19.9. The number of rotatable bonds is 2. The van der Waals surface area contributed by atoms with E-state index in [1.807, 2.05) is 26.0 Å². The topological polar surface area (TPSA) is 74.6 Å². The maximum absolute atomic E-state index is 8.61. The normalized spacial score (nSPS) is 13.3. The Balaban J connectivity index is 0.000000256. The molecular weight excluding hydrogens is 324 g/mol. The summed E-state index contributed by atoms with van der Waals surface area (Å²) in [5, 5.41) is 9.67. The maximum Gasteiger partial charge on any atom is 0.108 e. The summed E-state index contributed by atoms with van der Waals surface area (Å²) in [6.45, 7) is 8.06. The minimum atomic E-state index is 0.476. The summed E-state index contributed by atoms with van der Waals surface area (Å²) in [4.78, 5) is 12.2. The Morgan fingerprint density at radius 1 is 1.19 bits per heavy atom. The second-order valence-electron chi connectivity index (χ2n) is 6.06. The van der Waals surface area contributed by atoms with Gasteiger partial charge in [-0.25, -0.2) is 4.98 Å². The van der Waals surface area contributed by atoms with Gasteiger partial charge < -0.3 is 9.72 Å². The zero-order valence-electron chi connectivity index (χ0n) is 16.0. The average Bonchev–Trinajstić information content (AvgIpc) is 3.13. The Morgan fingerprint density at radius 3 is 2.58 bits per heavy atom. The molecule has 0 unspecified atom stereocenters. The number of pyridine rings is 1. The van der Waals surface area contributed by atoms with Crippen LogP contribution in [0.2, 0.25) is 0 Å². The molecule has 5 heteroatoms. The fraction of sp³-hybridized carbons (Fsp3) is 0.476. The van der Waals surface area contributed by atoms with Gasteiger partial charge in [-0.1, -0.05) is 25.5 Å². The SMILES string of the molecule is C1CCOCC1.CC.Cc1ccc2ncc3[nH]c(CCC#N)nc3c2c1. The number of aryl methyl sites for hydroxylation is 2. The number of aromatic amines is 1. The molecule has 0 atom stereocenters. The molecule has 5 nitrogen and oxygen atoms in total. The zero-order valence-corrected chi connectivity index (χ0v) is 16.0. The van der Waals surface area contributed by atoms with Gasteiger partial charge in [0.1, 0.15) is 5.82 Å². The highest BCUT2D eigenvalue weighted by molar-refractivity contribution is 6.01. The van der Waals surface area contributed by atoms with E-state index in [4.69, 9.17) is 10.00 Å². The highest BCUT2D eigenvalue weighted by Crippen LogP contribution is 2.22. The number of H-pyrrole nitrogens is 1. The van der Waals surface area contributed by atoms with Gasteiger partial charge in [0.25, 0.3) is 0 Å². The highest BCUT2D eigenvalue weighted by Gasteiger charge is 2.07. The number of nitrogens with one attached hydrogen (secondary N) is 1. The summed E-state index contributed by atoms with van der Waals surface area (Å²) >= 11 is 0. The van der Waals surface area contributed by atoms with Crippen molar-refractivity contribution < 1.29 is 4.74 Å². The van der Waals surface area contributed by atoms with Crippen LogP contribution < -0.4 is 0 Å². The molecule has 1 saturated heterocycles. The molecule has 0 amide bonds. The van der Waals surface area contributed by atoms with Gasteiger partial charge in [-0.15, -0.1) is 0 Å². The van der Waals surface area contributed by atoms with Crippen molar-refractivity contribution in [1.29, 1.82) is 5.26 Å². The summed E-state index contributed by atoms with van der Waals surface area (Å²) in [6, 6.07) is 8.28. The molecule has 26 heavy (non-hydrogen) atoms. The predicted octanol–water partition coefficient (Wildman–Crippen LogP) is 5.09. The quantitative estimate of drug-likeness (QED) is 0.697. The van der Waals surface area contributed by atoms with Crippen LogP contribution in [0.3, 0.4) is 0 Å². The first-order valence-corrected chi connectivity index (χ1v) is 9.46. The Kier molecular flexibility index (Phi) is 8.04. The van der Waals surface area contributed by atoms with Crippen LogP contribution in [0.5, 0.6) is 0 Å². The molecule has 0 saturated carbocycles. The van der Waals surface area contributed by atoms with Crippen molar-refractivity contribution in [3.63, 3.8) is 0 Å². The summed E-state index contributed by atoms with van der Waals surface area (Å²) < 4.78 is 5.07. The molecule has 0 spiro atoms. The monoisotopic (exact) mass is 352 g/mol. The van der Waals surface area contributed by atoms with Gasteiger partial charge in [-0.3, -0.25) is 4.98 Å². The van der Waals surface area contributed by atoms with E-state index in [1.54, 1.807) is 6.20 Å². The minimum Gasteiger partial charge on any atom is -0.381 e. The van der Waals surface area contributed by atoms with Crippen LogP contribution in [0.4, 0.5) is 0 Å². The van der Waals surface area contributed by atoms with Gasteiger partial charge >= 0.3 is 0 Å². The molecule has 1 aromatic carbocycles. The highest BCUT2D eigenvalue weighted by atomic mass is 16.5. The smallest absolute Gasteiger partial charge is 0.108 e. The van der Waals surface area contributed by atoms with E-state index in [9.17, 15) is 0 Å². The van der Waals surface area contributed by atoms with Crippen molar-refractivity contribution in [3.05, 3.63) is 35.8 Å². The third-order valence-electron chi connectivity index (χ3n) is 4.07. The Labute approximate surface area is 155 Å². The van der Waals surface area contributed by atoms with Gasteiger partial charge in [0.15, 0.2) is 0 Å². The number of benzene rings is 1. The van der Waals surface area contributed by atoms with E-state index < -0.39 is 0 Å². The number of fused-ring (bicyclic) bond motifs is 3. The van der Waals surface area contributed by atoms with Gasteiger partial charge in [0, 0.05) is 31.4 Å². The number of nitrogens with zero attached hydrogens (tertiary/aromatic N) is 3. The summed E-state index contributed by atoms with van der Waals surface area (Å²) in [7, 11) is 0. The largest absolute Gasteiger partial charge is 0.381 e. The number of hydrogen-bond donors (Lipinski definition) is 1. The fourth-order valence-corrected chi connectivity index (χ4v) is 2.80. The fourth-order valence-electron chi connectivity index (χ4n) is 2.80. The van der Waals surface area contributed by atoms with E-state index in [0.717, 1.165) is 41.0 Å². The maximum atomic E-state index is 8.61. The first-order chi connectivity index (χ1) is 12.8. The van der Waals surface area contributed by atoms with Crippen LogP contribution in [-0.2, 0) is 11.2 Å². The van der Waals surface area contributed by atoms with Gasteiger partial charge in [-0.2, -0.15) is 5.26 Å². The molecule has 1 aliphatic rings. The van der Waals surface area contributed by atoms with E-state index in [-0.39, 0.29) is 0 Å². The first-order valence-electron chi connectivity index (χ1n) is 9.46. The third-order valence-corrected chi connectivity index (χ3v) is 4.07.